The van der Waals surface area contributed by atoms with Crippen LogP contribution in [0.25, 0.3) is 0 Å². The van der Waals surface area contributed by atoms with Gasteiger partial charge in [-0.3, -0.25) is 0 Å². The van der Waals surface area contributed by atoms with Gasteiger partial charge in [0, 0.05) is 25.3 Å². The average molecular weight is 371 g/mol. The Bertz CT molecular complexity index is 549. The van der Waals surface area contributed by atoms with Crippen LogP contribution in [0.3, 0.4) is 0 Å². The van der Waals surface area contributed by atoms with Crippen LogP contribution in [0.5, 0.6) is 5.75 Å². The number of nitrogens with one attached hydrogen (secondary N) is 2. The number of hydrogen-bond acceptors (Lipinski definition) is 3. The summed E-state index contributed by atoms with van der Waals surface area (Å²) in [7, 11) is 0. The highest BCUT2D eigenvalue weighted by molar-refractivity contribution is 5.79. The molecule has 0 saturated carbocycles. The summed E-state index contributed by atoms with van der Waals surface area (Å²) in [6, 6.07) is 6.65. The van der Waals surface area contributed by atoms with E-state index in [4.69, 9.17) is 0 Å². The number of aliphatic hydroxyl groups is 1. The van der Waals surface area contributed by atoms with Gasteiger partial charge in [-0.1, -0.05) is 32.0 Å². The Morgan fingerprint density at radius 3 is 2.46 bits per heavy atom. The van der Waals surface area contributed by atoms with Crippen LogP contribution < -0.4 is 15.4 Å². The van der Waals surface area contributed by atoms with Crippen molar-refractivity contribution >= 4 is 5.96 Å². The van der Waals surface area contributed by atoms with Crippen LogP contribution in [0.15, 0.2) is 29.3 Å². The Hall–Kier alpha value is -1.89. The maximum atomic E-state index is 12.5. The van der Waals surface area contributed by atoms with E-state index in [0.717, 1.165) is 19.3 Å². The van der Waals surface area contributed by atoms with Crippen molar-refractivity contribution in [3.05, 3.63) is 29.8 Å². The Kier molecular flexibility index (Phi) is 9.95. The summed E-state index contributed by atoms with van der Waals surface area (Å²) in [5.41, 5.74) is 0.597. The minimum Gasteiger partial charge on any atom is -0.434 e. The molecule has 0 fully saturated rings. The van der Waals surface area contributed by atoms with Crippen LogP contribution in [-0.4, -0.2) is 37.4 Å². The molecule has 3 N–H and O–H groups in total. The van der Waals surface area contributed by atoms with Gasteiger partial charge in [-0.25, -0.2) is 4.99 Å². The molecule has 0 heterocycles. The number of para-hydroxylation sites is 1. The molecule has 0 aliphatic rings. The Morgan fingerprint density at radius 2 is 1.88 bits per heavy atom. The highest BCUT2D eigenvalue weighted by atomic mass is 19.3. The van der Waals surface area contributed by atoms with Gasteiger partial charge in [0.05, 0.1) is 6.54 Å². The molecule has 0 unspecified atom stereocenters. The second kappa shape index (κ2) is 11.7. The Morgan fingerprint density at radius 1 is 1.19 bits per heavy atom. The van der Waals surface area contributed by atoms with Crippen LogP contribution in [0, 0.1) is 5.41 Å². The number of aliphatic imine (C=N–C) groups is 1. The molecule has 5 nitrogen and oxygen atoms in total. The molecule has 1 aromatic rings. The monoisotopic (exact) mass is 371 g/mol. The zero-order valence-corrected chi connectivity index (χ0v) is 15.9. The number of rotatable bonds is 11. The summed E-state index contributed by atoms with van der Waals surface area (Å²) >= 11 is 0. The third-order valence-corrected chi connectivity index (χ3v) is 4.71. The fourth-order valence-electron chi connectivity index (χ4n) is 2.80. The van der Waals surface area contributed by atoms with Gasteiger partial charge < -0.3 is 20.5 Å². The van der Waals surface area contributed by atoms with Crippen molar-refractivity contribution < 1.29 is 18.6 Å². The number of ether oxygens (including phenoxy) is 1. The lowest BCUT2D eigenvalue weighted by Crippen LogP contribution is -2.43. The van der Waals surface area contributed by atoms with Crippen molar-refractivity contribution in [3.8, 4) is 5.75 Å². The third kappa shape index (κ3) is 7.15. The van der Waals surface area contributed by atoms with Crippen molar-refractivity contribution in [2.45, 2.75) is 53.2 Å². The van der Waals surface area contributed by atoms with Crippen molar-refractivity contribution in [2.75, 3.05) is 19.7 Å². The average Bonchev–Trinajstić information content (AvgIpc) is 2.63. The molecule has 1 rings (SSSR count). The molecule has 0 atom stereocenters. The number of alkyl halides is 2. The van der Waals surface area contributed by atoms with Gasteiger partial charge >= 0.3 is 6.61 Å². The molecule has 0 saturated heterocycles. The number of halogens is 2. The summed E-state index contributed by atoms with van der Waals surface area (Å²) in [6.45, 7) is 5.07. The molecule has 0 radical (unpaired) electrons. The van der Waals surface area contributed by atoms with Crippen LogP contribution >= 0.6 is 0 Å². The lowest BCUT2D eigenvalue weighted by atomic mass is 9.79. The first-order chi connectivity index (χ1) is 12.5. The molecule has 7 heteroatoms. The summed E-state index contributed by atoms with van der Waals surface area (Å²) in [6.07, 6.45) is 2.61. The number of benzene rings is 1. The minimum atomic E-state index is -2.86. The summed E-state index contributed by atoms with van der Waals surface area (Å²) in [5, 5.41) is 15.8. The van der Waals surface area contributed by atoms with Crippen LogP contribution in [0.4, 0.5) is 8.78 Å². The van der Waals surface area contributed by atoms with Crippen molar-refractivity contribution in [2.24, 2.45) is 10.4 Å². The first kappa shape index (κ1) is 22.2. The number of guanidine groups is 1. The molecule has 0 amide bonds. The van der Waals surface area contributed by atoms with Gasteiger partial charge in [-0.15, -0.1) is 0 Å². The number of hydrogen-bond donors (Lipinski definition) is 3. The molecule has 26 heavy (non-hydrogen) atoms. The molecular formula is C19H31F2N3O2. The van der Waals surface area contributed by atoms with E-state index < -0.39 is 6.61 Å². The number of aliphatic hydroxyl groups excluding tert-OH is 1. The fourth-order valence-corrected chi connectivity index (χ4v) is 2.80. The van der Waals surface area contributed by atoms with Gasteiger partial charge in [0.1, 0.15) is 5.75 Å². The topological polar surface area (TPSA) is 65.9 Å². The van der Waals surface area contributed by atoms with Crippen molar-refractivity contribution in [1.29, 1.82) is 0 Å². The van der Waals surface area contributed by atoms with Crippen LogP contribution in [0.2, 0.25) is 0 Å². The summed E-state index contributed by atoms with van der Waals surface area (Å²) < 4.78 is 29.6. The molecular weight excluding hydrogens is 340 g/mol. The van der Waals surface area contributed by atoms with E-state index in [1.54, 1.807) is 18.2 Å². The predicted octanol–water partition coefficient (Wildman–Crippen LogP) is 3.53. The van der Waals surface area contributed by atoms with Gasteiger partial charge in [0.15, 0.2) is 5.96 Å². The van der Waals surface area contributed by atoms with E-state index >= 15 is 0 Å². The quantitative estimate of drug-likeness (QED) is 0.411. The fraction of sp³-hybridized carbons (Fsp3) is 0.632. The Balaban J connectivity index is 2.83. The second-order valence-corrected chi connectivity index (χ2v) is 6.22. The SMILES string of the molecule is CCNC(=NCc1ccccc1OC(F)F)NCC(CC)(CC)CCO. The van der Waals surface area contributed by atoms with E-state index in [1.807, 2.05) is 6.92 Å². The molecule has 0 spiro atoms. The largest absolute Gasteiger partial charge is 0.434 e. The van der Waals surface area contributed by atoms with Gasteiger partial charge in [0.25, 0.3) is 0 Å². The molecule has 1 aromatic carbocycles. The van der Waals surface area contributed by atoms with Gasteiger partial charge in [0.2, 0.25) is 0 Å². The van der Waals surface area contributed by atoms with Crippen LogP contribution in [-0.2, 0) is 6.54 Å². The maximum absolute atomic E-state index is 12.5. The van der Waals surface area contributed by atoms with Crippen molar-refractivity contribution in [1.82, 2.24) is 10.6 Å². The first-order valence-electron chi connectivity index (χ1n) is 9.16. The highest BCUT2D eigenvalue weighted by Crippen LogP contribution is 2.29. The van der Waals surface area contributed by atoms with E-state index in [2.05, 4.69) is 34.2 Å². The van der Waals surface area contributed by atoms with Gasteiger partial charge in [-0.05, 0) is 37.7 Å². The van der Waals surface area contributed by atoms with Gasteiger partial charge in [-0.2, -0.15) is 8.78 Å². The maximum Gasteiger partial charge on any atom is 0.387 e. The molecule has 148 valence electrons. The minimum absolute atomic E-state index is 0.00162. The molecule has 0 aromatic heterocycles. The lowest BCUT2D eigenvalue weighted by molar-refractivity contribution is -0.0504. The van der Waals surface area contributed by atoms with E-state index in [-0.39, 0.29) is 24.3 Å². The van der Waals surface area contributed by atoms with E-state index in [9.17, 15) is 13.9 Å². The molecule has 0 bridgehead atoms. The van der Waals surface area contributed by atoms with E-state index in [1.165, 1.54) is 6.07 Å². The van der Waals surface area contributed by atoms with E-state index in [0.29, 0.717) is 24.6 Å². The lowest BCUT2D eigenvalue weighted by Gasteiger charge is -2.32. The van der Waals surface area contributed by atoms with Crippen LogP contribution in [0.1, 0.15) is 45.6 Å². The predicted molar refractivity (Wildman–Crippen MR) is 101 cm³/mol. The molecule has 0 aliphatic carbocycles. The van der Waals surface area contributed by atoms with Crippen molar-refractivity contribution in [3.63, 3.8) is 0 Å². The molecule has 0 aliphatic heterocycles. The zero-order chi connectivity index (χ0) is 19.4. The Labute approximate surface area is 154 Å². The standard InChI is InChI=1S/C19H31F2N3O2/c1-4-19(5-2,11-12-25)14-24-18(22-6-3)23-13-15-9-7-8-10-16(15)26-17(20)21/h7-10,17,25H,4-6,11-14H2,1-3H3,(H2,22,23,24). The highest BCUT2D eigenvalue weighted by Gasteiger charge is 2.25. The number of nitrogens with zero attached hydrogens (tertiary/aromatic N) is 1. The summed E-state index contributed by atoms with van der Waals surface area (Å²) in [4.78, 5) is 4.49. The smallest absolute Gasteiger partial charge is 0.387 e. The second-order valence-electron chi connectivity index (χ2n) is 6.22. The zero-order valence-electron chi connectivity index (χ0n) is 15.9. The normalized spacial score (nSPS) is 12.3. The first-order valence-corrected chi connectivity index (χ1v) is 9.16. The summed E-state index contributed by atoms with van der Waals surface area (Å²) in [5.74, 6) is 0.752. The third-order valence-electron chi connectivity index (χ3n) is 4.71.